The Morgan fingerprint density at radius 2 is 2.14 bits per heavy atom. The van der Waals surface area contributed by atoms with E-state index in [0.717, 1.165) is 5.56 Å². The number of ether oxygens (including phenoxy) is 1. The number of nitrogens with one attached hydrogen (secondary N) is 1. The second-order valence-corrected chi connectivity index (χ2v) is 4.25. The average molecular weight is 281 g/mol. The normalized spacial score (nSPS) is 12.0. The van der Waals surface area contributed by atoms with Crippen LogP contribution in [0.5, 0.6) is 0 Å². The van der Waals surface area contributed by atoms with Crippen LogP contribution in [0, 0.1) is 11.3 Å². The van der Waals surface area contributed by atoms with Gasteiger partial charge in [-0.15, -0.1) is 0 Å². The molecule has 0 saturated carbocycles. The van der Waals surface area contributed by atoms with Crippen LogP contribution in [-0.2, 0) is 4.74 Å². The molecule has 0 amide bonds. The molecule has 0 saturated heterocycles. The second-order valence-electron chi connectivity index (χ2n) is 4.25. The highest BCUT2D eigenvalue weighted by Crippen LogP contribution is 2.26. The molecule has 0 aliphatic heterocycles. The molecule has 2 heterocycles. The summed E-state index contributed by atoms with van der Waals surface area (Å²) in [5, 5.41) is 19.3. The summed E-state index contributed by atoms with van der Waals surface area (Å²) in [5.74, 6) is 0.622. The quantitative estimate of drug-likeness (QED) is 0.785. The number of methoxy groups -OCH3 is 1. The average Bonchev–Trinajstić information content (AvgIpc) is 3.17. The smallest absolute Gasteiger partial charge is 0.262 e. The summed E-state index contributed by atoms with van der Waals surface area (Å²) in [6, 6.07) is 11.6. The van der Waals surface area contributed by atoms with Crippen molar-refractivity contribution in [3.05, 3.63) is 53.6 Å². The van der Waals surface area contributed by atoms with Crippen molar-refractivity contribution in [2.24, 2.45) is 0 Å². The first kappa shape index (κ1) is 13.0. The van der Waals surface area contributed by atoms with E-state index in [1.54, 1.807) is 7.11 Å². The van der Waals surface area contributed by atoms with Crippen molar-refractivity contribution in [1.82, 2.24) is 20.3 Å². The van der Waals surface area contributed by atoms with Crippen molar-refractivity contribution in [2.45, 2.75) is 6.10 Å². The number of hydrogen-bond donors (Lipinski definition) is 1. The zero-order valence-electron chi connectivity index (χ0n) is 11.1. The van der Waals surface area contributed by atoms with E-state index in [-0.39, 0.29) is 11.6 Å². The van der Waals surface area contributed by atoms with E-state index in [1.807, 2.05) is 36.4 Å². The van der Waals surface area contributed by atoms with E-state index in [1.165, 1.54) is 6.20 Å². The zero-order chi connectivity index (χ0) is 14.7. The molecule has 0 fully saturated rings. The lowest BCUT2D eigenvalue weighted by Crippen LogP contribution is -2.05. The van der Waals surface area contributed by atoms with Crippen LogP contribution < -0.4 is 0 Å². The van der Waals surface area contributed by atoms with Gasteiger partial charge in [0.15, 0.2) is 0 Å². The van der Waals surface area contributed by atoms with Gasteiger partial charge in [-0.05, 0) is 5.56 Å². The molecule has 7 nitrogen and oxygen atoms in total. The molecule has 0 spiro atoms. The van der Waals surface area contributed by atoms with E-state index in [0.29, 0.717) is 11.4 Å². The van der Waals surface area contributed by atoms with Gasteiger partial charge in [0.05, 0.1) is 11.8 Å². The number of benzene rings is 1. The maximum Gasteiger partial charge on any atom is 0.262 e. The summed E-state index contributed by atoms with van der Waals surface area (Å²) in [5.41, 5.74) is 1.66. The van der Waals surface area contributed by atoms with Crippen molar-refractivity contribution in [2.75, 3.05) is 7.11 Å². The Bertz CT molecular complexity index is 772. The van der Waals surface area contributed by atoms with Gasteiger partial charge in [-0.1, -0.05) is 35.5 Å². The molecule has 1 unspecified atom stereocenters. The summed E-state index contributed by atoms with van der Waals surface area (Å²) in [4.78, 5) is 4.29. The molecular weight excluding hydrogens is 270 g/mol. The highest BCUT2D eigenvalue weighted by molar-refractivity contribution is 5.59. The minimum absolute atomic E-state index is 0.230. The summed E-state index contributed by atoms with van der Waals surface area (Å²) in [6.45, 7) is 0. The van der Waals surface area contributed by atoms with Crippen LogP contribution >= 0.6 is 0 Å². The molecule has 1 aromatic carbocycles. The van der Waals surface area contributed by atoms with Gasteiger partial charge in [0.25, 0.3) is 5.89 Å². The van der Waals surface area contributed by atoms with Gasteiger partial charge in [0, 0.05) is 7.11 Å². The summed E-state index contributed by atoms with van der Waals surface area (Å²) >= 11 is 0. The number of H-pyrrole nitrogens is 1. The van der Waals surface area contributed by atoms with Gasteiger partial charge in [-0.2, -0.15) is 15.3 Å². The number of aromatic nitrogens is 4. The lowest BCUT2D eigenvalue weighted by Gasteiger charge is -2.10. The predicted molar refractivity (Wildman–Crippen MR) is 71.9 cm³/mol. The third-order valence-electron chi connectivity index (χ3n) is 3.00. The van der Waals surface area contributed by atoms with E-state index in [4.69, 9.17) is 14.5 Å². The first-order chi connectivity index (χ1) is 10.3. The van der Waals surface area contributed by atoms with Gasteiger partial charge >= 0.3 is 0 Å². The lowest BCUT2D eigenvalue weighted by atomic mass is 10.1. The van der Waals surface area contributed by atoms with Gasteiger partial charge < -0.3 is 9.26 Å². The van der Waals surface area contributed by atoms with Crippen molar-refractivity contribution in [1.29, 1.82) is 5.26 Å². The zero-order valence-corrected chi connectivity index (χ0v) is 11.1. The molecule has 1 atom stereocenters. The van der Waals surface area contributed by atoms with Crippen LogP contribution in [-0.4, -0.2) is 27.4 Å². The molecule has 3 rings (SSSR count). The molecule has 2 aromatic heterocycles. The van der Waals surface area contributed by atoms with Gasteiger partial charge in [0.2, 0.25) is 5.82 Å². The Hall–Kier alpha value is -2.98. The molecule has 3 aromatic rings. The minimum Gasteiger partial charge on any atom is -0.369 e. The maximum absolute atomic E-state index is 8.97. The third-order valence-corrected chi connectivity index (χ3v) is 3.00. The number of hydrogen-bond acceptors (Lipinski definition) is 6. The van der Waals surface area contributed by atoms with E-state index < -0.39 is 6.10 Å². The summed E-state index contributed by atoms with van der Waals surface area (Å²) < 4.78 is 10.6. The Morgan fingerprint density at radius 1 is 1.33 bits per heavy atom. The second kappa shape index (κ2) is 5.56. The van der Waals surface area contributed by atoms with Crippen LogP contribution in [0.1, 0.15) is 23.2 Å². The fourth-order valence-electron chi connectivity index (χ4n) is 2.00. The van der Waals surface area contributed by atoms with Crippen LogP contribution in [0.15, 0.2) is 41.1 Å². The van der Waals surface area contributed by atoms with E-state index in [9.17, 15) is 0 Å². The van der Waals surface area contributed by atoms with E-state index >= 15 is 0 Å². The molecule has 0 bridgehead atoms. The Balaban J connectivity index is 1.96. The number of rotatable bonds is 4. The largest absolute Gasteiger partial charge is 0.369 e. The van der Waals surface area contributed by atoms with Gasteiger partial charge in [-0.3, -0.25) is 5.10 Å². The number of aromatic amines is 1. The predicted octanol–water partition coefficient (Wildman–Crippen LogP) is 2.07. The highest BCUT2D eigenvalue weighted by atomic mass is 16.5. The fraction of sp³-hybridized carbons (Fsp3) is 0.143. The number of nitrogens with zero attached hydrogens (tertiary/aromatic N) is 4. The molecule has 7 heteroatoms. The monoisotopic (exact) mass is 281 g/mol. The van der Waals surface area contributed by atoms with Crippen LogP contribution in [0.2, 0.25) is 0 Å². The lowest BCUT2D eigenvalue weighted by molar-refractivity contribution is 0.126. The van der Waals surface area contributed by atoms with Gasteiger partial charge in [-0.25, -0.2) is 0 Å². The Labute approximate surface area is 120 Å². The Kier molecular flexibility index (Phi) is 3.45. The van der Waals surface area contributed by atoms with Crippen LogP contribution in [0.3, 0.4) is 0 Å². The first-order valence-corrected chi connectivity index (χ1v) is 6.18. The van der Waals surface area contributed by atoms with Gasteiger partial charge in [0.1, 0.15) is 17.9 Å². The summed E-state index contributed by atoms with van der Waals surface area (Å²) in [7, 11) is 1.58. The van der Waals surface area contributed by atoms with E-state index in [2.05, 4.69) is 20.3 Å². The third kappa shape index (κ3) is 2.40. The van der Waals surface area contributed by atoms with Crippen LogP contribution in [0.4, 0.5) is 0 Å². The Morgan fingerprint density at radius 3 is 2.86 bits per heavy atom. The molecule has 1 N–H and O–H groups in total. The standard InChI is InChI=1S/C14H11N5O2/c1-20-12(9-5-3-2-4-6-9)13-17-14(21-19-13)10-8-16-18-11(10)7-15/h2-6,8,12H,1H3,(H,16,18). The molecule has 104 valence electrons. The molecule has 0 radical (unpaired) electrons. The summed E-state index contributed by atoms with van der Waals surface area (Å²) in [6.07, 6.45) is 1.04. The molecule has 21 heavy (non-hydrogen) atoms. The minimum atomic E-state index is -0.430. The highest BCUT2D eigenvalue weighted by Gasteiger charge is 2.22. The van der Waals surface area contributed by atoms with Crippen LogP contribution in [0.25, 0.3) is 11.5 Å². The molecule has 0 aliphatic rings. The van der Waals surface area contributed by atoms with Crippen molar-refractivity contribution in [3.8, 4) is 17.5 Å². The van der Waals surface area contributed by atoms with Crippen molar-refractivity contribution >= 4 is 0 Å². The number of nitriles is 1. The van der Waals surface area contributed by atoms with Crippen molar-refractivity contribution in [3.63, 3.8) is 0 Å². The molecule has 0 aliphatic carbocycles. The maximum atomic E-state index is 8.97. The SMILES string of the molecule is COC(c1ccccc1)c1noc(-c2cn[nH]c2C#N)n1. The first-order valence-electron chi connectivity index (χ1n) is 6.18. The van der Waals surface area contributed by atoms with Crippen molar-refractivity contribution < 1.29 is 9.26 Å². The molecular formula is C14H11N5O2. The topological polar surface area (TPSA) is 101 Å². The fourth-order valence-corrected chi connectivity index (χ4v) is 2.00.